The van der Waals surface area contributed by atoms with Crippen molar-refractivity contribution in [3.63, 3.8) is 0 Å². The Balaban J connectivity index is 1.40. The van der Waals surface area contributed by atoms with E-state index in [0.717, 1.165) is 82.6 Å². The van der Waals surface area contributed by atoms with Crippen LogP contribution in [0.3, 0.4) is 0 Å². The lowest BCUT2D eigenvalue weighted by atomic mass is 10.0. The molecule has 0 saturated heterocycles. The molecule has 76 heavy (non-hydrogen) atoms. The van der Waals surface area contributed by atoms with Crippen LogP contribution in [0.4, 0.5) is 11.6 Å². The number of unbranched alkanes of at least 4 members (excludes halogenated alkanes) is 22. The summed E-state index contributed by atoms with van der Waals surface area (Å²) in [5, 5.41) is 0. The third-order valence-corrected chi connectivity index (χ3v) is 14.2. The summed E-state index contributed by atoms with van der Waals surface area (Å²) in [6, 6.07) is 6.83. The number of aromatic nitrogens is 2. The second-order valence-electron chi connectivity index (χ2n) is 20.0. The number of ketones is 1. The molecule has 0 bridgehead atoms. The normalized spacial score (nSPS) is 13.6. The van der Waals surface area contributed by atoms with Crippen LogP contribution in [-0.2, 0) is 55.2 Å². The molecular formula is C59H95N4O12P. The Morgan fingerprint density at radius 3 is 1.74 bits per heavy atom. The van der Waals surface area contributed by atoms with Gasteiger partial charge in [0.05, 0.1) is 32.8 Å². The predicted molar refractivity (Wildman–Crippen MR) is 300 cm³/mol. The lowest BCUT2D eigenvalue weighted by Crippen LogP contribution is -2.29. The van der Waals surface area contributed by atoms with Crippen LogP contribution in [0.2, 0.25) is 0 Å². The molecule has 2 aromatic rings. The van der Waals surface area contributed by atoms with Crippen molar-refractivity contribution < 1.29 is 56.6 Å². The predicted octanol–water partition coefficient (Wildman–Crippen LogP) is 13.8. The van der Waals surface area contributed by atoms with Crippen LogP contribution < -0.4 is 15.4 Å². The van der Waals surface area contributed by atoms with Gasteiger partial charge in [0.1, 0.15) is 24.8 Å². The zero-order valence-corrected chi connectivity index (χ0v) is 47.6. The number of phosphoric acid groups is 1. The molecule has 1 aliphatic rings. The van der Waals surface area contributed by atoms with Crippen LogP contribution >= 0.6 is 7.82 Å². The zero-order chi connectivity index (χ0) is 54.9. The van der Waals surface area contributed by atoms with Gasteiger partial charge in [-0.15, -0.1) is 0 Å². The van der Waals surface area contributed by atoms with Crippen molar-refractivity contribution in [2.24, 2.45) is 0 Å². The highest BCUT2D eigenvalue weighted by molar-refractivity contribution is 7.47. The number of rotatable bonds is 48. The Labute approximate surface area is 455 Å². The van der Waals surface area contributed by atoms with Gasteiger partial charge in [0.15, 0.2) is 11.9 Å². The van der Waals surface area contributed by atoms with Gasteiger partial charge >= 0.3 is 25.8 Å². The fraction of sp³-hybridized carbons (Fsp3) is 0.695. The van der Waals surface area contributed by atoms with E-state index in [0.29, 0.717) is 36.4 Å². The molecule has 3 N–H and O–H groups in total. The number of ether oxygens (including phenoxy) is 4. The van der Waals surface area contributed by atoms with Gasteiger partial charge in [0, 0.05) is 37.5 Å². The highest BCUT2D eigenvalue weighted by Crippen LogP contribution is 2.43. The van der Waals surface area contributed by atoms with Crippen LogP contribution in [-0.4, -0.2) is 84.7 Å². The van der Waals surface area contributed by atoms with Gasteiger partial charge in [-0.3, -0.25) is 33.1 Å². The maximum Gasteiger partial charge on any atom is 0.472 e. The van der Waals surface area contributed by atoms with E-state index in [1.807, 2.05) is 0 Å². The molecule has 428 valence electrons. The van der Waals surface area contributed by atoms with Crippen LogP contribution in [0.25, 0.3) is 0 Å². The average molecular weight is 1080 g/mol. The summed E-state index contributed by atoms with van der Waals surface area (Å²) >= 11 is 0. The van der Waals surface area contributed by atoms with Crippen LogP contribution in [0.5, 0.6) is 6.01 Å². The minimum atomic E-state index is -4.65. The average Bonchev–Trinajstić information content (AvgIpc) is 3.74. The molecule has 2 atom stereocenters. The third kappa shape index (κ3) is 30.5. The number of benzene rings is 1. The summed E-state index contributed by atoms with van der Waals surface area (Å²) < 4.78 is 45.0. The van der Waals surface area contributed by atoms with E-state index >= 15 is 0 Å². The number of carbonyl (C=O) groups excluding carboxylic acids is 4. The van der Waals surface area contributed by atoms with E-state index in [-0.39, 0.29) is 82.0 Å². The number of hydrogen-bond donors (Lipinski definition) is 2. The number of hydrogen-bond acceptors (Lipinski definition) is 14. The smallest absolute Gasteiger partial charge is 0.462 e. The van der Waals surface area contributed by atoms with E-state index in [1.165, 1.54) is 81.9 Å². The molecule has 1 amide bonds. The number of nitrogens with zero attached hydrogens (tertiary/aromatic N) is 3. The third-order valence-electron chi connectivity index (χ3n) is 13.3. The Morgan fingerprint density at radius 1 is 0.658 bits per heavy atom. The molecule has 0 aliphatic carbocycles. The molecule has 1 aromatic heterocycles. The Bertz CT molecular complexity index is 2030. The minimum absolute atomic E-state index is 0.0165. The zero-order valence-electron chi connectivity index (χ0n) is 46.7. The van der Waals surface area contributed by atoms with E-state index in [9.17, 15) is 28.6 Å². The molecule has 2 heterocycles. The summed E-state index contributed by atoms with van der Waals surface area (Å²) in [6.45, 7) is 4.09. The quantitative estimate of drug-likeness (QED) is 0.0207. The number of phosphoric ester groups is 1. The Morgan fingerprint density at radius 2 is 1.18 bits per heavy atom. The maximum absolute atomic E-state index is 13.1. The number of methoxy groups -OCH3 is 1. The van der Waals surface area contributed by atoms with Gasteiger partial charge in [0.25, 0.3) is 0 Å². The summed E-state index contributed by atoms with van der Waals surface area (Å²) in [6.07, 6.45) is 38.2. The van der Waals surface area contributed by atoms with Gasteiger partial charge in [-0.2, -0.15) is 9.97 Å². The van der Waals surface area contributed by atoms with Crippen molar-refractivity contribution in [2.45, 2.75) is 226 Å². The topological polar surface area (TPSA) is 216 Å². The number of Topliss-reactive ketones (excluding diaryl/α,β-unsaturated/α-hetero) is 1. The monoisotopic (exact) mass is 1080 g/mol. The lowest BCUT2D eigenvalue weighted by Gasteiger charge is -2.20. The summed E-state index contributed by atoms with van der Waals surface area (Å²) in [4.78, 5) is 72.3. The minimum Gasteiger partial charge on any atom is -0.462 e. The number of nitrogens with two attached hydrogens (primary N) is 1. The van der Waals surface area contributed by atoms with Gasteiger partial charge < -0.3 is 29.6 Å². The van der Waals surface area contributed by atoms with Crippen LogP contribution in [0.1, 0.15) is 228 Å². The summed E-state index contributed by atoms with van der Waals surface area (Å²) in [5.41, 5.74) is 7.81. The molecule has 3 rings (SSSR count). The largest absolute Gasteiger partial charge is 0.472 e. The molecule has 1 aromatic carbocycles. The number of nitrogen functional groups attached to an aromatic ring is 1. The number of carbonyl (C=O) groups is 4. The van der Waals surface area contributed by atoms with Gasteiger partial charge in [-0.25, -0.2) is 4.57 Å². The standard InChI is InChI=1S/C59H95N4O12P/c1-4-6-8-10-12-14-16-18-20-22-24-26-28-30-32-36-55(66)72-47-51(75-56(67)37-33-31-29-27-25-23-21-19-17-15-13-11-9-7-5-2)48-74-76(68,69)73-42-34-35-53(64)50-40-38-49(39-41-50)46-63-54(65)45-52-57(60)61-59(62-58(52)63)71-44-43-70-3/h18-21,38-41,51H,4-17,22-37,42-48H2,1-3H3,(H,68,69)(H2,60,61,62)/b20-18+,21-19+/t51-/m1/s1. The SMILES string of the molecule is CCCCCCCC/C=C/CCCCCCCC(=O)OC[C@H](COP(=O)(O)OCCCC(=O)c1ccc(CN2C(=O)Cc3c(N)nc(OCCOC)nc32)cc1)OC(=O)CCCCCCC/C=C/CCCCCCCC. The molecule has 0 radical (unpaired) electrons. The second kappa shape index (κ2) is 41.6. The fourth-order valence-electron chi connectivity index (χ4n) is 8.72. The van der Waals surface area contributed by atoms with Crippen LogP contribution in [0.15, 0.2) is 48.6 Å². The Kier molecular flexibility index (Phi) is 36.0. The number of anilines is 2. The van der Waals surface area contributed by atoms with E-state index in [2.05, 4.69) is 48.1 Å². The number of allylic oxidation sites excluding steroid dienone is 4. The highest BCUT2D eigenvalue weighted by Gasteiger charge is 2.32. The number of esters is 2. The maximum atomic E-state index is 13.1. The van der Waals surface area contributed by atoms with Gasteiger partial charge in [-0.1, -0.05) is 165 Å². The van der Waals surface area contributed by atoms with E-state index in [1.54, 1.807) is 31.4 Å². The van der Waals surface area contributed by atoms with Crippen molar-refractivity contribution in [1.29, 1.82) is 0 Å². The molecule has 0 fully saturated rings. The van der Waals surface area contributed by atoms with E-state index < -0.39 is 32.5 Å². The molecule has 17 heteroatoms. The second-order valence-corrected chi connectivity index (χ2v) is 21.4. The van der Waals surface area contributed by atoms with E-state index in [4.69, 9.17) is 33.7 Å². The first-order valence-electron chi connectivity index (χ1n) is 28.9. The van der Waals surface area contributed by atoms with Crippen molar-refractivity contribution in [3.05, 3.63) is 65.3 Å². The number of fused-ring (bicyclic) bond motifs is 1. The first kappa shape index (κ1) is 65.8. The number of amides is 1. The first-order chi connectivity index (χ1) is 37.0. The van der Waals surface area contributed by atoms with Crippen LogP contribution in [0, 0.1) is 0 Å². The Hall–Kier alpha value is -4.47. The van der Waals surface area contributed by atoms with Gasteiger partial charge in [0.2, 0.25) is 5.91 Å². The summed E-state index contributed by atoms with van der Waals surface area (Å²) in [7, 11) is -3.10. The molecule has 0 spiro atoms. The first-order valence-corrected chi connectivity index (χ1v) is 30.4. The van der Waals surface area contributed by atoms with Crippen molar-refractivity contribution in [1.82, 2.24) is 9.97 Å². The van der Waals surface area contributed by atoms with Crippen molar-refractivity contribution >= 4 is 43.1 Å². The highest BCUT2D eigenvalue weighted by atomic mass is 31.2. The molecule has 16 nitrogen and oxygen atoms in total. The fourth-order valence-corrected chi connectivity index (χ4v) is 9.51. The molecule has 0 saturated carbocycles. The molecular weight excluding hydrogens is 988 g/mol. The molecule has 1 unspecified atom stereocenters. The summed E-state index contributed by atoms with van der Waals surface area (Å²) in [5.74, 6) is -0.814. The van der Waals surface area contributed by atoms with Crippen molar-refractivity contribution in [2.75, 3.05) is 50.8 Å². The lowest BCUT2D eigenvalue weighted by molar-refractivity contribution is -0.161. The van der Waals surface area contributed by atoms with Crippen molar-refractivity contribution in [3.8, 4) is 6.01 Å². The van der Waals surface area contributed by atoms with Gasteiger partial charge in [-0.05, 0) is 76.2 Å². The molecule has 1 aliphatic heterocycles.